The zero-order valence-corrected chi connectivity index (χ0v) is 15.6. The Labute approximate surface area is 154 Å². The van der Waals surface area contributed by atoms with Crippen LogP contribution >= 0.6 is 0 Å². The summed E-state index contributed by atoms with van der Waals surface area (Å²) in [5.41, 5.74) is -0.698. The molecule has 0 aliphatic rings. The standard InChI is InChI=1S/C16H36N2O8/c1-16(2,18(5-14(25)9-21)6-15(26)10-22)11-17(3-12(23)7-19)4-13(24)8-20/h12-15,19-26H,3-11H2,1-2H3. The molecule has 0 saturated heterocycles. The molecule has 0 aliphatic heterocycles. The van der Waals surface area contributed by atoms with E-state index >= 15 is 0 Å². The van der Waals surface area contributed by atoms with E-state index in [4.69, 9.17) is 20.4 Å². The fourth-order valence-corrected chi connectivity index (χ4v) is 2.76. The summed E-state index contributed by atoms with van der Waals surface area (Å²) in [6.45, 7) is 2.23. The Balaban J connectivity index is 5.25. The molecule has 0 amide bonds. The van der Waals surface area contributed by atoms with Crippen molar-refractivity contribution in [2.45, 2.75) is 43.8 Å². The van der Waals surface area contributed by atoms with Crippen LogP contribution in [0.15, 0.2) is 0 Å². The van der Waals surface area contributed by atoms with Gasteiger partial charge in [-0.1, -0.05) is 0 Å². The van der Waals surface area contributed by atoms with Crippen molar-refractivity contribution in [3.05, 3.63) is 0 Å². The summed E-state index contributed by atoms with van der Waals surface area (Å²) in [5, 5.41) is 75.3. The second-order valence-electron chi connectivity index (χ2n) is 7.26. The van der Waals surface area contributed by atoms with E-state index in [1.165, 1.54) is 0 Å². The van der Waals surface area contributed by atoms with E-state index in [2.05, 4.69) is 0 Å². The van der Waals surface area contributed by atoms with Crippen LogP contribution in [-0.4, -0.2) is 140 Å². The molecular weight excluding hydrogens is 348 g/mol. The van der Waals surface area contributed by atoms with Crippen molar-refractivity contribution in [2.75, 3.05) is 59.2 Å². The van der Waals surface area contributed by atoms with Crippen molar-refractivity contribution >= 4 is 0 Å². The number of hydrogen-bond acceptors (Lipinski definition) is 10. The van der Waals surface area contributed by atoms with Gasteiger partial charge in [0.05, 0.1) is 50.8 Å². The fraction of sp³-hybridized carbons (Fsp3) is 1.00. The van der Waals surface area contributed by atoms with Crippen LogP contribution in [-0.2, 0) is 0 Å². The first-order valence-electron chi connectivity index (χ1n) is 8.72. The molecule has 10 nitrogen and oxygen atoms in total. The molecule has 158 valence electrons. The lowest BCUT2D eigenvalue weighted by molar-refractivity contribution is -0.0386. The molecule has 0 rings (SSSR count). The average molecular weight is 384 g/mol. The normalized spacial score (nSPS) is 17.5. The quantitative estimate of drug-likeness (QED) is 0.138. The Morgan fingerprint density at radius 3 is 1.23 bits per heavy atom. The maximum Gasteiger partial charge on any atom is 0.0897 e. The minimum atomic E-state index is -1.04. The lowest BCUT2D eigenvalue weighted by Gasteiger charge is -2.44. The third kappa shape index (κ3) is 10.1. The van der Waals surface area contributed by atoms with E-state index in [1.54, 1.807) is 9.80 Å². The summed E-state index contributed by atoms with van der Waals surface area (Å²) in [7, 11) is 0. The third-order valence-corrected chi connectivity index (χ3v) is 4.11. The molecule has 8 N–H and O–H groups in total. The van der Waals surface area contributed by atoms with Gasteiger partial charge in [0.25, 0.3) is 0 Å². The first-order valence-corrected chi connectivity index (χ1v) is 8.72. The molecule has 4 atom stereocenters. The highest BCUT2D eigenvalue weighted by molar-refractivity contribution is 4.89. The molecule has 4 unspecified atom stereocenters. The summed E-state index contributed by atoms with van der Waals surface area (Å²) < 4.78 is 0. The second-order valence-corrected chi connectivity index (χ2v) is 7.26. The predicted molar refractivity (Wildman–Crippen MR) is 94.5 cm³/mol. The molecular formula is C16H36N2O8. The van der Waals surface area contributed by atoms with Gasteiger partial charge in [-0.25, -0.2) is 0 Å². The van der Waals surface area contributed by atoms with Gasteiger partial charge in [0.15, 0.2) is 0 Å². The molecule has 0 aliphatic carbocycles. The number of nitrogens with zero attached hydrogens (tertiary/aromatic N) is 2. The molecule has 0 radical (unpaired) electrons. The van der Waals surface area contributed by atoms with Gasteiger partial charge in [0, 0.05) is 38.3 Å². The van der Waals surface area contributed by atoms with E-state index in [-0.39, 0.29) is 32.7 Å². The van der Waals surface area contributed by atoms with Gasteiger partial charge in [-0.05, 0) is 13.8 Å². The Morgan fingerprint density at radius 2 is 0.923 bits per heavy atom. The topological polar surface area (TPSA) is 168 Å². The van der Waals surface area contributed by atoms with Crippen molar-refractivity contribution in [2.24, 2.45) is 0 Å². The van der Waals surface area contributed by atoms with Gasteiger partial charge in [0.1, 0.15) is 0 Å². The Bertz CT molecular complexity index is 337. The van der Waals surface area contributed by atoms with Crippen LogP contribution in [0.2, 0.25) is 0 Å². The number of rotatable bonds is 15. The number of aliphatic hydroxyl groups excluding tert-OH is 8. The first-order chi connectivity index (χ1) is 12.1. The lowest BCUT2D eigenvalue weighted by Crippen LogP contribution is -2.58. The fourth-order valence-electron chi connectivity index (χ4n) is 2.76. The van der Waals surface area contributed by atoms with Crippen LogP contribution in [0, 0.1) is 0 Å². The first kappa shape index (κ1) is 25.6. The van der Waals surface area contributed by atoms with E-state index < -0.39 is 56.4 Å². The van der Waals surface area contributed by atoms with Gasteiger partial charge in [0.2, 0.25) is 0 Å². The predicted octanol–water partition coefficient (Wildman–Crippen LogP) is -4.22. The molecule has 0 spiro atoms. The van der Waals surface area contributed by atoms with Crippen molar-refractivity contribution in [3.8, 4) is 0 Å². The summed E-state index contributed by atoms with van der Waals surface area (Å²) >= 11 is 0. The summed E-state index contributed by atoms with van der Waals surface area (Å²) in [5.74, 6) is 0. The minimum Gasteiger partial charge on any atom is -0.394 e. The number of hydrogen-bond donors (Lipinski definition) is 8. The Morgan fingerprint density at radius 1 is 0.615 bits per heavy atom. The van der Waals surface area contributed by atoms with Crippen molar-refractivity contribution in [3.63, 3.8) is 0 Å². The van der Waals surface area contributed by atoms with E-state index in [1.807, 2.05) is 13.8 Å². The van der Waals surface area contributed by atoms with Gasteiger partial charge in [-0.3, -0.25) is 9.80 Å². The molecule has 10 heteroatoms. The zero-order valence-electron chi connectivity index (χ0n) is 15.6. The van der Waals surface area contributed by atoms with Crippen LogP contribution in [0.1, 0.15) is 13.8 Å². The Hall–Kier alpha value is -0.400. The van der Waals surface area contributed by atoms with Gasteiger partial charge in [-0.15, -0.1) is 0 Å². The molecule has 0 aromatic carbocycles. The monoisotopic (exact) mass is 384 g/mol. The van der Waals surface area contributed by atoms with Crippen LogP contribution in [0.4, 0.5) is 0 Å². The molecule has 0 aromatic heterocycles. The van der Waals surface area contributed by atoms with Crippen molar-refractivity contribution in [1.82, 2.24) is 9.80 Å². The van der Waals surface area contributed by atoms with Gasteiger partial charge >= 0.3 is 0 Å². The molecule has 26 heavy (non-hydrogen) atoms. The zero-order chi connectivity index (χ0) is 20.3. The summed E-state index contributed by atoms with van der Waals surface area (Å²) in [6.07, 6.45) is -4.15. The maximum atomic E-state index is 9.78. The average Bonchev–Trinajstić information content (AvgIpc) is 2.59. The highest BCUT2D eigenvalue weighted by Gasteiger charge is 2.32. The lowest BCUT2D eigenvalue weighted by atomic mass is 9.99. The number of β-amino-alcohol motifs (C(OH)–C–C–N with tert-alkyl or cyclic N) is 2. The van der Waals surface area contributed by atoms with Crippen molar-refractivity contribution in [1.29, 1.82) is 0 Å². The Kier molecular flexibility index (Phi) is 12.7. The van der Waals surface area contributed by atoms with Crippen LogP contribution in [0.5, 0.6) is 0 Å². The highest BCUT2D eigenvalue weighted by Crippen LogP contribution is 2.18. The minimum absolute atomic E-state index is 0.0412. The number of aliphatic hydroxyl groups is 8. The smallest absolute Gasteiger partial charge is 0.0897 e. The maximum absolute atomic E-state index is 9.78. The second kappa shape index (κ2) is 12.9. The third-order valence-electron chi connectivity index (χ3n) is 4.11. The molecule has 0 fully saturated rings. The van der Waals surface area contributed by atoms with E-state index in [0.717, 1.165) is 0 Å². The largest absolute Gasteiger partial charge is 0.394 e. The van der Waals surface area contributed by atoms with Gasteiger partial charge in [-0.2, -0.15) is 0 Å². The van der Waals surface area contributed by atoms with Gasteiger partial charge < -0.3 is 40.9 Å². The molecule has 0 heterocycles. The van der Waals surface area contributed by atoms with Crippen molar-refractivity contribution < 1.29 is 40.9 Å². The molecule has 0 saturated carbocycles. The molecule has 0 bridgehead atoms. The van der Waals surface area contributed by atoms with E-state index in [9.17, 15) is 20.4 Å². The highest BCUT2D eigenvalue weighted by atomic mass is 16.3. The van der Waals surface area contributed by atoms with E-state index in [0.29, 0.717) is 0 Å². The SMILES string of the molecule is CC(C)(CN(CC(O)CO)CC(O)CO)N(CC(O)CO)CC(O)CO. The van der Waals surface area contributed by atoms with Crippen LogP contribution in [0.3, 0.4) is 0 Å². The van der Waals surface area contributed by atoms with Crippen LogP contribution in [0.25, 0.3) is 0 Å². The van der Waals surface area contributed by atoms with Crippen LogP contribution < -0.4 is 0 Å². The summed E-state index contributed by atoms with van der Waals surface area (Å²) in [4.78, 5) is 3.35. The summed E-state index contributed by atoms with van der Waals surface area (Å²) in [6, 6.07) is 0. The molecule has 0 aromatic rings.